The van der Waals surface area contributed by atoms with Crippen LogP contribution in [-0.4, -0.2) is 23.0 Å². The SMILES string of the molecule is Cc1ccc(S(=O)(=O)c2c(N)n(Cc3ccccc3Cl)c3nc4ccccc4nc23)cc1C. The van der Waals surface area contributed by atoms with Crippen molar-refractivity contribution in [2.24, 2.45) is 0 Å². The third kappa shape index (κ3) is 3.53. The number of hydrogen-bond acceptors (Lipinski definition) is 5. The van der Waals surface area contributed by atoms with E-state index in [0.717, 1.165) is 16.7 Å². The summed E-state index contributed by atoms with van der Waals surface area (Å²) in [4.78, 5) is 9.55. The Morgan fingerprint density at radius 3 is 2.27 bits per heavy atom. The van der Waals surface area contributed by atoms with Gasteiger partial charge in [-0.25, -0.2) is 18.4 Å². The minimum absolute atomic E-state index is 0.0361. The lowest BCUT2D eigenvalue weighted by atomic mass is 10.1. The molecule has 8 heteroatoms. The zero-order chi connectivity index (χ0) is 23.3. The summed E-state index contributed by atoms with van der Waals surface area (Å²) in [7, 11) is -3.97. The topological polar surface area (TPSA) is 90.9 Å². The molecule has 5 aromatic rings. The average molecular weight is 477 g/mol. The number of nitrogens with two attached hydrogens (primary N) is 1. The monoisotopic (exact) mass is 476 g/mol. The lowest BCUT2D eigenvalue weighted by Crippen LogP contribution is -2.09. The molecule has 0 atom stereocenters. The smallest absolute Gasteiger partial charge is 0.212 e. The predicted molar refractivity (Wildman–Crippen MR) is 131 cm³/mol. The van der Waals surface area contributed by atoms with Gasteiger partial charge in [-0.3, -0.25) is 0 Å². The van der Waals surface area contributed by atoms with Gasteiger partial charge in [-0.05, 0) is 60.9 Å². The Morgan fingerprint density at radius 1 is 0.909 bits per heavy atom. The van der Waals surface area contributed by atoms with Crippen molar-refractivity contribution in [1.29, 1.82) is 0 Å². The first-order valence-corrected chi connectivity index (χ1v) is 12.2. The van der Waals surface area contributed by atoms with Gasteiger partial charge in [0, 0.05) is 5.02 Å². The van der Waals surface area contributed by atoms with Gasteiger partial charge in [0.1, 0.15) is 16.2 Å². The van der Waals surface area contributed by atoms with Gasteiger partial charge in [-0.15, -0.1) is 0 Å². The molecule has 3 aromatic carbocycles. The fourth-order valence-corrected chi connectivity index (χ4v) is 5.70. The second-order valence-electron chi connectivity index (χ2n) is 8.03. The number of benzene rings is 3. The van der Waals surface area contributed by atoms with Gasteiger partial charge in [0.05, 0.1) is 22.5 Å². The summed E-state index contributed by atoms with van der Waals surface area (Å²) >= 11 is 6.39. The van der Waals surface area contributed by atoms with E-state index in [0.29, 0.717) is 21.7 Å². The second-order valence-corrected chi connectivity index (χ2v) is 10.3. The van der Waals surface area contributed by atoms with Crippen LogP contribution in [0.5, 0.6) is 0 Å². The third-order valence-corrected chi connectivity index (χ3v) is 8.07. The van der Waals surface area contributed by atoms with Gasteiger partial charge >= 0.3 is 0 Å². The largest absolute Gasteiger partial charge is 0.384 e. The van der Waals surface area contributed by atoms with E-state index in [-0.39, 0.29) is 27.7 Å². The highest BCUT2D eigenvalue weighted by Crippen LogP contribution is 2.36. The van der Waals surface area contributed by atoms with Gasteiger partial charge in [0.15, 0.2) is 5.65 Å². The molecule has 0 amide bonds. The van der Waals surface area contributed by atoms with E-state index in [1.165, 1.54) is 0 Å². The molecule has 2 heterocycles. The first-order chi connectivity index (χ1) is 15.8. The number of nitrogen functional groups attached to an aromatic ring is 1. The summed E-state index contributed by atoms with van der Waals surface area (Å²) in [6, 6.07) is 19.8. The molecule has 0 fully saturated rings. The second kappa shape index (κ2) is 7.86. The van der Waals surface area contributed by atoms with Crippen LogP contribution in [0.4, 0.5) is 5.82 Å². The Balaban J connectivity index is 1.83. The molecule has 0 radical (unpaired) electrons. The van der Waals surface area contributed by atoms with E-state index in [2.05, 4.69) is 4.98 Å². The fourth-order valence-electron chi connectivity index (χ4n) is 3.91. The lowest BCUT2D eigenvalue weighted by molar-refractivity contribution is 0.596. The molecule has 33 heavy (non-hydrogen) atoms. The van der Waals surface area contributed by atoms with Crippen LogP contribution in [0.25, 0.3) is 22.2 Å². The molecule has 2 N–H and O–H groups in total. The van der Waals surface area contributed by atoms with Crippen LogP contribution in [0.2, 0.25) is 5.02 Å². The first-order valence-electron chi connectivity index (χ1n) is 10.4. The minimum Gasteiger partial charge on any atom is -0.384 e. The number of aromatic nitrogens is 3. The maximum absolute atomic E-state index is 13.8. The standard InChI is InChI=1S/C25H21ClN4O2S/c1-15-11-12-18(13-16(15)2)33(31,32)23-22-25(29-21-10-6-5-9-20(21)28-22)30(24(23)27)14-17-7-3-4-8-19(17)26/h3-13H,14,27H2,1-2H3. The van der Waals surface area contributed by atoms with E-state index in [1.54, 1.807) is 34.9 Å². The zero-order valence-electron chi connectivity index (χ0n) is 18.1. The highest BCUT2D eigenvalue weighted by molar-refractivity contribution is 7.92. The highest BCUT2D eigenvalue weighted by Gasteiger charge is 2.30. The summed E-state index contributed by atoms with van der Waals surface area (Å²) in [5, 5.41) is 0.561. The number of aryl methyl sites for hydroxylation is 2. The van der Waals surface area contributed by atoms with Crippen molar-refractivity contribution in [3.63, 3.8) is 0 Å². The number of para-hydroxylation sites is 2. The molecule has 0 saturated carbocycles. The maximum atomic E-state index is 13.8. The number of hydrogen-bond donors (Lipinski definition) is 1. The van der Waals surface area contributed by atoms with Crippen molar-refractivity contribution in [3.8, 4) is 0 Å². The summed E-state index contributed by atoms with van der Waals surface area (Å²) in [6.07, 6.45) is 0. The Kier molecular flexibility index (Phi) is 5.11. The van der Waals surface area contributed by atoms with E-state index in [4.69, 9.17) is 22.3 Å². The molecule has 0 bridgehead atoms. The van der Waals surface area contributed by atoms with Crippen LogP contribution >= 0.6 is 11.6 Å². The molecule has 0 spiro atoms. The summed E-state index contributed by atoms with van der Waals surface area (Å²) < 4.78 is 29.3. The number of halogens is 1. The lowest BCUT2D eigenvalue weighted by Gasteiger charge is -2.10. The van der Waals surface area contributed by atoms with E-state index in [1.807, 2.05) is 50.2 Å². The van der Waals surface area contributed by atoms with E-state index < -0.39 is 9.84 Å². The van der Waals surface area contributed by atoms with Gasteiger partial charge in [-0.2, -0.15) is 0 Å². The Morgan fingerprint density at radius 2 is 1.58 bits per heavy atom. The van der Waals surface area contributed by atoms with Crippen molar-refractivity contribution >= 4 is 49.5 Å². The van der Waals surface area contributed by atoms with Crippen molar-refractivity contribution in [3.05, 3.63) is 88.4 Å². The van der Waals surface area contributed by atoms with E-state index >= 15 is 0 Å². The fraction of sp³-hybridized carbons (Fsp3) is 0.120. The minimum atomic E-state index is -3.97. The summed E-state index contributed by atoms with van der Waals surface area (Å²) in [5.74, 6) is 0.0819. The molecule has 0 unspecified atom stereocenters. The van der Waals surface area contributed by atoms with Crippen LogP contribution in [0.15, 0.2) is 76.5 Å². The number of anilines is 1. The van der Waals surface area contributed by atoms with Gasteiger partial charge < -0.3 is 10.3 Å². The van der Waals surface area contributed by atoms with Crippen LogP contribution < -0.4 is 5.73 Å². The van der Waals surface area contributed by atoms with Crippen molar-refractivity contribution < 1.29 is 8.42 Å². The van der Waals surface area contributed by atoms with Crippen LogP contribution in [-0.2, 0) is 16.4 Å². The van der Waals surface area contributed by atoms with Gasteiger partial charge in [0.2, 0.25) is 9.84 Å². The van der Waals surface area contributed by atoms with Gasteiger partial charge in [0.25, 0.3) is 0 Å². The number of sulfone groups is 1. The molecule has 2 aromatic heterocycles. The van der Waals surface area contributed by atoms with E-state index in [9.17, 15) is 8.42 Å². The summed E-state index contributed by atoms with van der Waals surface area (Å²) in [6.45, 7) is 4.08. The van der Waals surface area contributed by atoms with Crippen molar-refractivity contribution in [2.45, 2.75) is 30.2 Å². The molecule has 6 nitrogen and oxygen atoms in total. The number of fused-ring (bicyclic) bond motifs is 2. The van der Waals surface area contributed by atoms with Crippen molar-refractivity contribution in [2.75, 3.05) is 5.73 Å². The first kappa shape index (κ1) is 21.4. The Hall–Kier alpha value is -3.42. The quantitative estimate of drug-likeness (QED) is 0.379. The number of rotatable bonds is 4. The Bertz CT molecular complexity index is 1660. The molecule has 0 aliphatic carbocycles. The zero-order valence-corrected chi connectivity index (χ0v) is 19.7. The van der Waals surface area contributed by atoms with Crippen LogP contribution in [0.3, 0.4) is 0 Å². The Labute approximate surface area is 196 Å². The maximum Gasteiger partial charge on any atom is 0.212 e. The molecule has 0 aliphatic heterocycles. The van der Waals surface area contributed by atoms with Crippen molar-refractivity contribution in [1.82, 2.24) is 14.5 Å². The molecule has 166 valence electrons. The van der Waals surface area contributed by atoms with Crippen LogP contribution in [0, 0.1) is 13.8 Å². The molecular formula is C25H21ClN4O2S. The normalized spacial score (nSPS) is 12.0. The van der Waals surface area contributed by atoms with Gasteiger partial charge in [-0.1, -0.05) is 48.0 Å². The van der Waals surface area contributed by atoms with Crippen LogP contribution in [0.1, 0.15) is 16.7 Å². The predicted octanol–water partition coefficient (Wildman–Crippen LogP) is 5.32. The highest BCUT2D eigenvalue weighted by atomic mass is 35.5. The third-order valence-electron chi connectivity index (χ3n) is 5.89. The molecular weight excluding hydrogens is 456 g/mol. The molecule has 0 aliphatic rings. The molecule has 5 rings (SSSR count). The molecule has 0 saturated heterocycles. The average Bonchev–Trinajstić information content (AvgIpc) is 3.06. The number of nitrogens with zero attached hydrogens (tertiary/aromatic N) is 3. The summed E-state index contributed by atoms with van der Waals surface area (Å²) in [5.41, 5.74) is 11.1.